The fourth-order valence-corrected chi connectivity index (χ4v) is 6.38. The maximum atomic E-state index is 12.9. The van der Waals surface area contributed by atoms with E-state index in [0.29, 0.717) is 17.1 Å². The largest absolute Gasteiger partial charge is 0.342 e. The van der Waals surface area contributed by atoms with Gasteiger partial charge in [0.15, 0.2) is 0 Å². The second-order valence-corrected chi connectivity index (χ2v) is 9.64. The number of thioether (sulfide) groups is 1. The Morgan fingerprint density at radius 2 is 2.04 bits per heavy atom. The summed E-state index contributed by atoms with van der Waals surface area (Å²) in [6.45, 7) is 4.17. The standard InChI is InChI=1S/C20H31NOS2/c1-2-3-5-16-7-9-17(10-8-16)20(22)21-12-11-19(24-15-13-21)18-6-4-14-23-18/h4,6,14,16-17,19H,2-3,5,7-13,15H2,1H3. The molecule has 1 aliphatic carbocycles. The Labute approximate surface area is 155 Å². The van der Waals surface area contributed by atoms with E-state index in [1.54, 1.807) is 0 Å². The number of rotatable bonds is 5. The summed E-state index contributed by atoms with van der Waals surface area (Å²) >= 11 is 3.89. The average Bonchev–Trinajstić information content (AvgIpc) is 3.04. The van der Waals surface area contributed by atoms with Crippen molar-refractivity contribution in [3.05, 3.63) is 22.4 Å². The summed E-state index contributed by atoms with van der Waals surface area (Å²) in [4.78, 5) is 16.6. The van der Waals surface area contributed by atoms with E-state index in [2.05, 4.69) is 29.3 Å². The molecule has 4 heteroatoms. The number of nitrogens with zero attached hydrogens (tertiary/aromatic N) is 1. The molecule has 1 atom stereocenters. The van der Waals surface area contributed by atoms with Crippen molar-refractivity contribution in [3.8, 4) is 0 Å². The number of amides is 1. The molecule has 0 N–H and O–H groups in total. The predicted octanol–water partition coefficient (Wildman–Crippen LogP) is 5.75. The molecule has 1 aromatic rings. The van der Waals surface area contributed by atoms with Crippen molar-refractivity contribution in [2.24, 2.45) is 11.8 Å². The van der Waals surface area contributed by atoms with E-state index in [-0.39, 0.29) is 0 Å². The van der Waals surface area contributed by atoms with Crippen LogP contribution in [0.4, 0.5) is 0 Å². The van der Waals surface area contributed by atoms with Gasteiger partial charge in [-0.05, 0) is 49.5 Å². The number of hydrogen-bond acceptors (Lipinski definition) is 3. The van der Waals surface area contributed by atoms with Crippen LogP contribution < -0.4 is 0 Å². The van der Waals surface area contributed by atoms with Gasteiger partial charge in [0, 0.05) is 34.9 Å². The van der Waals surface area contributed by atoms with Crippen molar-refractivity contribution in [2.75, 3.05) is 18.8 Å². The summed E-state index contributed by atoms with van der Waals surface area (Å²) < 4.78 is 0. The van der Waals surface area contributed by atoms with Crippen LogP contribution >= 0.6 is 23.1 Å². The van der Waals surface area contributed by atoms with Gasteiger partial charge in [0.2, 0.25) is 5.91 Å². The molecular weight excluding hydrogens is 334 g/mol. The fraction of sp³-hybridized carbons (Fsp3) is 0.750. The van der Waals surface area contributed by atoms with Gasteiger partial charge in [-0.25, -0.2) is 0 Å². The summed E-state index contributed by atoms with van der Waals surface area (Å²) in [5.41, 5.74) is 0. The molecule has 2 aliphatic rings. The van der Waals surface area contributed by atoms with Crippen LogP contribution in [0.2, 0.25) is 0 Å². The normalized spacial score (nSPS) is 28.5. The highest BCUT2D eigenvalue weighted by molar-refractivity contribution is 7.99. The lowest BCUT2D eigenvalue weighted by atomic mass is 9.79. The molecule has 0 aromatic carbocycles. The summed E-state index contributed by atoms with van der Waals surface area (Å²) in [5.74, 6) is 2.74. The maximum absolute atomic E-state index is 12.9. The molecule has 0 spiro atoms. The lowest BCUT2D eigenvalue weighted by Crippen LogP contribution is -2.39. The van der Waals surface area contributed by atoms with Gasteiger partial charge in [-0.1, -0.05) is 32.3 Å². The molecule has 3 rings (SSSR count). The molecule has 1 saturated heterocycles. The van der Waals surface area contributed by atoms with Crippen LogP contribution in [-0.4, -0.2) is 29.6 Å². The molecule has 0 radical (unpaired) electrons. The number of carbonyl (C=O) groups excluding carboxylic acids is 1. The first-order chi connectivity index (χ1) is 11.8. The van der Waals surface area contributed by atoms with Gasteiger partial charge in [-0.3, -0.25) is 4.79 Å². The predicted molar refractivity (Wildman–Crippen MR) is 106 cm³/mol. The molecule has 24 heavy (non-hydrogen) atoms. The minimum atomic E-state index is 0.311. The van der Waals surface area contributed by atoms with Crippen molar-refractivity contribution >= 4 is 29.0 Å². The number of hydrogen-bond donors (Lipinski definition) is 0. The zero-order valence-corrected chi connectivity index (χ0v) is 16.5. The van der Waals surface area contributed by atoms with Crippen molar-refractivity contribution < 1.29 is 4.79 Å². The van der Waals surface area contributed by atoms with E-state index in [1.165, 1.54) is 37.0 Å². The Balaban J connectivity index is 1.47. The SMILES string of the molecule is CCCCC1CCC(C(=O)N2CCSC(c3cccs3)CC2)CC1. The van der Waals surface area contributed by atoms with E-state index in [4.69, 9.17) is 0 Å². The molecule has 1 aliphatic heterocycles. The van der Waals surface area contributed by atoms with Crippen LogP contribution in [0.3, 0.4) is 0 Å². The molecule has 1 aromatic heterocycles. The minimum Gasteiger partial charge on any atom is -0.342 e. The lowest BCUT2D eigenvalue weighted by molar-refractivity contribution is -0.136. The third-order valence-corrected chi connectivity index (χ3v) is 8.12. The van der Waals surface area contributed by atoms with E-state index < -0.39 is 0 Å². The topological polar surface area (TPSA) is 20.3 Å². The Kier molecular flexibility index (Phi) is 7.08. The second-order valence-electron chi connectivity index (χ2n) is 7.35. The van der Waals surface area contributed by atoms with E-state index in [0.717, 1.165) is 44.0 Å². The summed E-state index contributed by atoms with van der Waals surface area (Å²) in [5, 5.41) is 2.76. The first kappa shape index (κ1) is 18.3. The zero-order chi connectivity index (χ0) is 16.8. The average molecular weight is 366 g/mol. The van der Waals surface area contributed by atoms with Gasteiger partial charge in [0.25, 0.3) is 0 Å². The quantitative estimate of drug-likeness (QED) is 0.662. The van der Waals surface area contributed by atoms with Gasteiger partial charge in [-0.2, -0.15) is 11.8 Å². The van der Waals surface area contributed by atoms with Crippen LogP contribution in [0.15, 0.2) is 17.5 Å². The number of thiophene rings is 1. The number of unbranched alkanes of at least 4 members (excludes halogenated alkanes) is 1. The van der Waals surface area contributed by atoms with Crippen molar-refractivity contribution in [1.82, 2.24) is 4.90 Å². The Morgan fingerprint density at radius 3 is 2.75 bits per heavy atom. The van der Waals surface area contributed by atoms with Crippen LogP contribution in [0, 0.1) is 11.8 Å². The monoisotopic (exact) mass is 365 g/mol. The van der Waals surface area contributed by atoms with Crippen molar-refractivity contribution in [1.29, 1.82) is 0 Å². The molecule has 2 nitrogen and oxygen atoms in total. The maximum Gasteiger partial charge on any atom is 0.225 e. The van der Waals surface area contributed by atoms with E-state index >= 15 is 0 Å². The van der Waals surface area contributed by atoms with Gasteiger partial charge < -0.3 is 4.90 Å². The van der Waals surface area contributed by atoms with Crippen molar-refractivity contribution in [2.45, 2.75) is 63.5 Å². The smallest absolute Gasteiger partial charge is 0.225 e. The van der Waals surface area contributed by atoms with Crippen LogP contribution in [0.1, 0.15) is 68.4 Å². The summed E-state index contributed by atoms with van der Waals surface area (Å²) in [7, 11) is 0. The summed E-state index contributed by atoms with van der Waals surface area (Å²) in [6.07, 6.45) is 9.96. The third-order valence-electron chi connectivity index (χ3n) is 5.68. The Hall–Kier alpha value is -0.480. The Morgan fingerprint density at radius 1 is 1.21 bits per heavy atom. The highest BCUT2D eigenvalue weighted by Crippen LogP contribution is 2.38. The highest BCUT2D eigenvalue weighted by Gasteiger charge is 2.30. The first-order valence-corrected chi connectivity index (χ1v) is 11.6. The van der Waals surface area contributed by atoms with Crippen LogP contribution in [0.5, 0.6) is 0 Å². The Bertz CT molecular complexity index is 494. The summed E-state index contributed by atoms with van der Waals surface area (Å²) in [6, 6.07) is 4.39. The first-order valence-electron chi connectivity index (χ1n) is 9.71. The highest BCUT2D eigenvalue weighted by atomic mass is 32.2. The van der Waals surface area contributed by atoms with Crippen LogP contribution in [-0.2, 0) is 4.79 Å². The molecular formula is C20H31NOS2. The lowest BCUT2D eigenvalue weighted by Gasteiger charge is -2.31. The third kappa shape index (κ3) is 4.78. The fourth-order valence-electron chi connectivity index (χ4n) is 4.14. The molecule has 134 valence electrons. The minimum absolute atomic E-state index is 0.311. The molecule has 2 heterocycles. The molecule has 2 fully saturated rings. The van der Waals surface area contributed by atoms with Gasteiger partial charge in [0.05, 0.1) is 0 Å². The number of carbonyl (C=O) groups is 1. The van der Waals surface area contributed by atoms with Crippen molar-refractivity contribution in [3.63, 3.8) is 0 Å². The molecule has 1 amide bonds. The van der Waals surface area contributed by atoms with E-state index in [9.17, 15) is 4.79 Å². The van der Waals surface area contributed by atoms with Gasteiger partial charge in [-0.15, -0.1) is 11.3 Å². The molecule has 1 unspecified atom stereocenters. The van der Waals surface area contributed by atoms with Gasteiger partial charge >= 0.3 is 0 Å². The van der Waals surface area contributed by atoms with Gasteiger partial charge in [0.1, 0.15) is 0 Å². The van der Waals surface area contributed by atoms with E-state index in [1.807, 2.05) is 23.1 Å². The second kappa shape index (κ2) is 9.28. The zero-order valence-electron chi connectivity index (χ0n) is 14.9. The van der Waals surface area contributed by atoms with Crippen LogP contribution in [0.25, 0.3) is 0 Å². The molecule has 1 saturated carbocycles. The molecule has 0 bridgehead atoms.